The van der Waals surface area contributed by atoms with Gasteiger partial charge in [0.15, 0.2) is 0 Å². The molecule has 1 aromatic rings. The molecule has 1 fully saturated rings. The fourth-order valence-corrected chi connectivity index (χ4v) is 6.61. The molecule has 3 rings (SSSR count). The van der Waals surface area contributed by atoms with Gasteiger partial charge >= 0.3 is 0 Å². The van der Waals surface area contributed by atoms with Gasteiger partial charge in [0.1, 0.15) is 0 Å². The van der Waals surface area contributed by atoms with Gasteiger partial charge in [-0.3, -0.25) is 0 Å². The van der Waals surface area contributed by atoms with Crippen LogP contribution in [0.1, 0.15) is 52.0 Å². The van der Waals surface area contributed by atoms with Crippen LogP contribution in [-0.2, 0) is 4.74 Å². The fraction of sp³-hybridized carbons (Fsp3) is 0.600. The molecule has 1 aliphatic carbocycles. The number of benzene rings is 1. The maximum absolute atomic E-state index is 5.51. The topological polar surface area (TPSA) is 24.5 Å². The molecule has 1 aromatic carbocycles. The van der Waals surface area contributed by atoms with Crippen LogP contribution in [0.25, 0.3) is 0 Å². The van der Waals surface area contributed by atoms with Crippen LogP contribution < -0.4 is 5.43 Å². The molecule has 0 spiro atoms. The van der Waals surface area contributed by atoms with Crippen molar-refractivity contribution in [2.45, 2.75) is 80.9 Å². The molecular weight excluding hydrogens is 408 g/mol. The molecule has 0 bridgehead atoms. The van der Waals surface area contributed by atoms with E-state index in [1.807, 2.05) is 18.9 Å². The Hall–Kier alpha value is -0.720. The minimum Gasteiger partial charge on any atom is -0.383 e. The molecule has 5 heteroatoms. The summed E-state index contributed by atoms with van der Waals surface area (Å²) in [6, 6.07) is 9.73. The lowest BCUT2D eigenvalue weighted by molar-refractivity contribution is 0.0745. The van der Waals surface area contributed by atoms with Crippen LogP contribution in [-0.4, -0.2) is 47.9 Å². The van der Waals surface area contributed by atoms with E-state index in [4.69, 9.17) is 4.74 Å². The Labute approximate surface area is 192 Å². The molecule has 3 atom stereocenters. The van der Waals surface area contributed by atoms with E-state index >= 15 is 0 Å². The normalized spacial score (nSPS) is 21.7. The Bertz CT molecular complexity index is 729. The second kappa shape index (κ2) is 11.8. The number of allylic oxidation sites excluding steroid dienone is 2. The average Bonchev–Trinajstić information content (AvgIpc) is 3.36. The van der Waals surface area contributed by atoms with Gasteiger partial charge in [0.2, 0.25) is 0 Å². The van der Waals surface area contributed by atoms with Gasteiger partial charge in [-0.15, -0.1) is 0 Å². The zero-order valence-corrected chi connectivity index (χ0v) is 20.8. The van der Waals surface area contributed by atoms with Crippen molar-refractivity contribution >= 4 is 23.5 Å². The Morgan fingerprint density at radius 3 is 2.67 bits per heavy atom. The minimum absolute atomic E-state index is 0.350. The molecule has 0 radical (unpaired) electrons. The van der Waals surface area contributed by atoms with Crippen LogP contribution >= 0.6 is 23.5 Å². The van der Waals surface area contributed by atoms with E-state index in [9.17, 15) is 0 Å². The zero-order chi connectivity index (χ0) is 21.5. The van der Waals surface area contributed by atoms with Crippen LogP contribution in [0.2, 0.25) is 0 Å². The lowest BCUT2D eigenvalue weighted by Gasteiger charge is -2.36. The van der Waals surface area contributed by atoms with E-state index < -0.39 is 0 Å². The predicted octanol–water partition coefficient (Wildman–Crippen LogP) is 6.21. The first-order chi connectivity index (χ1) is 14.5. The van der Waals surface area contributed by atoms with Gasteiger partial charge in [0.25, 0.3) is 0 Å². The highest BCUT2D eigenvalue weighted by atomic mass is 32.2. The van der Waals surface area contributed by atoms with E-state index in [0.29, 0.717) is 22.6 Å². The molecule has 1 heterocycles. The summed E-state index contributed by atoms with van der Waals surface area (Å²) in [5.74, 6) is 0. The molecule has 0 amide bonds. The van der Waals surface area contributed by atoms with Crippen molar-refractivity contribution in [2.24, 2.45) is 0 Å². The third-order valence-electron chi connectivity index (χ3n) is 5.81. The Morgan fingerprint density at radius 1 is 1.23 bits per heavy atom. The largest absolute Gasteiger partial charge is 0.383 e. The number of aryl methyl sites for hydroxylation is 1. The molecule has 1 N–H and O–H groups in total. The second-order valence-corrected chi connectivity index (χ2v) is 11.5. The molecule has 3 nitrogen and oxygen atoms in total. The summed E-state index contributed by atoms with van der Waals surface area (Å²) < 4.78 is 5.51. The number of thioether (sulfide) groups is 2. The average molecular weight is 447 g/mol. The third kappa shape index (κ3) is 6.39. The highest BCUT2D eigenvalue weighted by molar-refractivity contribution is 8.03. The minimum atomic E-state index is 0.350. The molecule has 0 saturated carbocycles. The molecule has 1 saturated heterocycles. The number of hydrazine groups is 1. The van der Waals surface area contributed by atoms with Crippen molar-refractivity contribution in [3.63, 3.8) is 0 Å². The van der Waals surface area contributed by atoms with E-state index in [-0.39, 0.29) is 0 Å². The highest BCUT2D eigenvalue weighted by Gasteiger charge is 2.33. The first-order valence-electron chi connectivity index (χ1n) is 11.3. The zero-order valence-electron chi connectivity index (χ0n) is 19.2. The number of methoxy groups -OCH3 is 1. The summed E-state index contributed by atoms with van der Waals surface area (Å²) in [5.41, 5.74) is 6.85. The Morgan fingerprint density at radius 2 is 2.00 bits per heavy atom. The summed E-state index contributed by atoms with van der Waals surface area (Å²) in [6.45, 7) is 11.0. The van der Waals surface area contributed by atoms with E-state index in [2.05, 4.69) is 86.3 Å². The molecule has 166 valence electrons. The van der Waals surface area contributed by atoms with Gasteiger partial charge < -0.3 is 4.74 Å². The maximum atomic E-state index is 5.51. The second-order valence-electron chi connectivity index (χ2n) is 8.59. The summed E-state index contributed by atoms with van der Waals surface area (Å²) in [4.78, 5) is 2.74. The van der Waals surface area contributed by atoms with Crippen LogP contribution in [0.15, 0.2) is 51.8 Å². The van der Waals surface area contributed by atoms with Crippen molar-refractivity contribution in [2.75, 3.05) is 20.3 Å². The van der Waals surface area contributed by atoms with Crippen LogP contribution in [0, 0.1) is 6.92 Å². The quantitative estimate of drug-likeness (QED) is 0.436. The lowest BCUT2D eigenvalue weighted by Crippen LogP contribution is -2.53. The molecule has 2 aliphatic rings. The van der Waals surface area contributed by atoms with Crippen LogP contribution in [0.5, 0.6) is 0 Å². The van der Waals surface area contributed by atoms with Crippen LogP contribution in [0.3, 0.4) is 0 Å². The van der Waals surface area contributed by atoms with E-state index in [1.54, 1.807) is 5.57 Å². The number of hydrogen-bond acceptors (Lipinski definition) is 5. The number of rotatable bonds is 11. The van der Waals surface area contributed by atoms with Gasteiger partial charge in [-0.1, -0.05) is 62.4 Å². The maximum Gasteiger partial charge on any atom is 0.0632 e. The molecule has 0 aromatic heterocycles. The highest BCUT2D eigenvalue weighted by Crippen LogP contribution is 2.39. The predicted molar refractivity (Wildman–Crippen MR) is 133 cm³/mol. The first-order valence-corrected chi connectivity index (χ1v) is 13.1. The van der Waals surface area contributed by atoms with Crippen molar-refractivity contribution in [3.8, 4) is 0 Å². The third-order valence-corrected chi connectivity index (χ3v) is 8.44. The monoisotopic (exact) mass is 446 g/mol. The van der Waals surface area contributed by atoms with E-state index in [1.165, 1.54) is 28.2 Å². The van der Waals surface area contributed by atoms with Gasteiger partial charge in [-0.05, 0) is 55.6 Å². The van der Waals surface area contributed by atoms with Crippen molar-refractivity contribution in [1.82, 2.24) is 10.4 Å². The van der Waals surface area contributed by atoms with Crippen LogP contribution in [0.4, 0.5) is 0 Å². The van der Waals surface area contributed by atoms with Crippen molar-refractivity contribution in [3.05, 3.63) is 52.5 Å². The molecule has 1 aliphatic heterocycles. The summed E-state index contributed by atoms with van der Waals surface area (Å²) in [6.07, 6.45) is 9.33. The Kier molecular flexibility index (Phi) is 9.39. The van der Waals surface area contributed by atoms with Gasteiger partial charge in [0.05, 0.1) is 12.6 Å². The van der Waals surface area contributed by atoms with Gasteiger partial charge in [-0.25, -0.2) is 10.4 Å². The SMILES string of the molecule is CCC(SC(C)C)C(NN1CCCC1COC)C1=C(Sc2ccc(C)cc2)C=CC1. The van der Waals surface area contributed by atoms with Gasteiger partial charge in [0, 0.05) is 34.7 Å². The van der Waals surface area contributed by atoms with Gasteiger partial charge in [-0.2, -0.15) is 11.8 Å². The summed E-state index contributed by atoms with van der Waals surface area (Å²) in [5, 5.41) is 3.64. The number of nitrogens with one attached hydrogen (secondary N) is 1. The summed E-state index contributed by atoms with van der Waals surface area (Å²) in [7, 11) is 1.82. The number of hydrogen-bond donors (Lipinski definition) is 1. The lowest BCUT2D eigenvalue weighted by atomic mass is 10.0. The van der Waals surface area contributed by atoms with Crippen molar-refractivity contribution < 1.29 is 4.74 Å². The molecule has 30 heavy (non-hydrogen) atoms. The van der Waals surface area contributed by atoms with E-state index in [0.717, 1.165) is 26.0 Å². The molecule has 3 unspecified atom stereocenters. The Balaban J connectivity index is 1.86. The fourth-order valence-electron chi connectivity index (χ4n) is 4.31. The standard InChI is InChI=1S/C25H38N2OS2/c1-6-23(29-18(2)3)25(26-27-16-8-9-20(27)17-28-5)22-10-7-11-24(22)30-21-14-12-19(4)13-15-21/h7,11-15,18,20,23,25-26H,6,8-10,16-17H2,1-5H3. The van der Waals surface area contributed by atoms with Crippen molar-refractivity contribution in [1.29, 1.82) is 0 Å². The first kappa shape index (κ1) is 23.9. The molecular formula is C25H38N2OS2. The number of nitrogens with zero attached hydrogens (tertiary/aromatic N) is 1. The summed E-state index contributed by atoms with van der Waals surface area (Å²) >= 11 is 4.02. The smallest absolute Gasteiger partial charge is 0.0632 e. The number of ether oxygens (including phenoxy) is 1.